The van der Waals surface area contributed by atoms with Gasteiger partial charge in [0.1, 0.15) is 5.82 Å². The molecule has 1 aliphatic heterocycles. The van der Waals surface area contributed by atoms with Crippen LogP contribution in [-0.4, -0.2) is 35.4 Å². The van der Waals surface area contributed by atoms with Crippen molar-refractivity contribution in [2.24, 2.45) is 5.92 Å². The van der Waals surface area contributed by atoms with Gasteiger partial charge >= 0.3 is 0 Å². The number of benzene rings is 1. The zero-order chi connectivity index (χ0) is 17.8. The van der Waals surface area contributed by atoms with E-state index in [2.05, 4.69) is 47.2 Å². The lowest BCUT2D eigenvalue weighted by Gasteiger charge is -2.17. The molecule has 5 heteroatoms. The van der Waals surface area contributed by atoms with Gasteiger partial charge in [-0.05, 0) is 61.6 Å². The minimum absolute atomic E-state index is 0.0832. The SMILES string of the molecule is Cc1ccc(CN2CC[C@H](CNC(=O)c3ccc(N)nc3)C2)cc1C. The van der Waals surface area contributed by atoms with Crippen LogP contribution in [-0.2, 0) is 6.54 Å². The van der Waals surface area contributed by atoms with E-state index in [-0.39, 0.29) is 5.91 Å². The molecule has 0 bridgehead atoms. The van der Waals surface area contributed by atoms with E-state index >= 15 is 0 Å². The number of hydrogen-bond donors (Lipinski definition) is 2. The highest BCUT2D eigenvalue weighted by Crippen LogP contribution is 2.19. The van der Waals surface area contributed by atoms with Crippen LogP contribution in [0.15, 0.2) is 36.5 Å². The Bertz CT molecular complexity index is 742. The third-order valence-corrected chi connectivity index (χ3v) is 4.95. The molecule has 1 aromatic heterocycles. The topological polar surface area (TPSA) is 71.2 Å². The second-order valence-corrected chi connectivity index (χ2v) is 6.99. The van der Waals surface area contributed by atoms with Crippen molar-refractivity contribution in [2.45, 2.75) is 26.8 Å². The first-order valence-corrected chi connectivity index (χ1v) is 8.79. The van der Waals surface area contributed by atoms with Crippen LogP contribution in [0.1, 0.15) is 33.5 Å². The number of carbonyl (C=O) groups is 1. The van der Waals surface area contributed by atoms with E-state index in [9.17, 15) is 4.79 Å². The number of nitrogen functional groups attached to an aromatic ring is 1. The van der Waals surface area contributed by atoms with Gasteiger partial charge in [0, 0.05) is 25.8 Å². The number of likely N-dealkylation sites (tertiary alicyclic amines) is 1. The average molecular weight is 338 g/mol. The molecule has 0 unspecified atom stereocenters. The van der Waals surface area contributed by atoms with Crippen LogP contribution in [0.25, 0.3) is 0 Å². The van der Waals surface area contributed by atoms with Gasteiger partial charge in [-0.2, -0.15) is 0 Å². The molecule has 2 aromatic rings. The lowest BCUT2D eigenvalue weighted by molar-refractivity contribution is 0.0947. The van der Waals surface area contributed by atoms with Gasteiger partial charge in [0.25, 0.3) is 5.91 Å². The first-order valence-electron chi connectivity index (χ1n) is 8.79. The van der Waals surface area contributed by atoms with Crippen molar-refractivity contribution in [3.63, 3.8) is 0 Å². The number of nitrogens with zero attached hydrogens (tertiary/aromatic N) is 2. The van der Waals surface area contributed by atoms with Gasteiger partial charge in [-0.3, -0.25) is 9.69 Å². The molecule has 132 valence electrons. The van der Waals surface area contributed by atoms with Gasteiger partial charge in [-0.25, -0.2) is 4.98 Å². The molecule has 3 rings (SSSR count). The highest BCUT2D eigenvalue weighted by atomic mass is 16.1. The van der Waals surface area contributed by atoms with E-state index < -0.39 is 0 Å². The molecule has 5 nitrogen and oxygen atoms in total. The van der Waals surface area contributed by atoms with Crippen molar-refractivity contribution in [3.8, 4) is 0 Å². The minimum Gasteiger partial charge on any atom is -0.384 e. The van der Waals surface area contributed by atoms with E-state index in [0.717, 1.165) is 26.1 Å². The van der Waals surface area contributed by atoms with Crippen molar-refractivity contribution >= 4 is 11.7 Å². The average Bonchev–Trinajstić information content (AvgIpc) is 3.04. The maximum absolute atomic E-state index is 12.1. The summed E-state index contributed by atoms with van der Waals surface area (Å²) in [7, 11) is 0. The normalized spacial score (nSPS) is 17.6. The van der Waals surface area contributed by atoms with E-state index in [4.69, 9.17) is 5.73 Å². The summed E-state index contributed by atoms with van der Waals surface area (Å²) in [6, 6.07) is 10.0. The molecule has 1 amide bonds. The lowest BCUT2D eigenvalue weighted by atomic mass is 10.1. The number of rotatable bonds is 5. The summed E-state index contributed by atoms with van der Waals surface area (Å²) in [5.74, 6) is 0.840. The first-order chi connectivity index (χ1) is 12.0. The van der Waals surface area contributed by atoms with E-state index in [1.165, 1.54) is 22.9 Å². The largest absolute Gasteiger partial charge is 0.384 e. The number of aromatic nitrogens is 1. The number of aryl methyl sites for hydroxylation is 2. The molecule has 1 saturated heterocycles. The van der Waals surface area contributed by atoms with Gasteiger partial charge in [0.05, 0.1) is 5.56 Å². The van der Waals surface area contributed by atoms with E-state index in [1.807, 2.05) is 0 Å². The summed E-state index contributed by atoms with van der Waals surface area (Å²) in [5, 5.41) is 3.01. The fraction of sp³-hybridized carbons (Fsp3) is 0.400. The van der Waals surface area contributed by atoms with Crippen molar-refractivity contribution in [1.29, 1.82) is 0 Å². The second kappa shape index (κ2) is 7.66. The maximum atomic E-state index is 12.1. The Balaban J connectivity index is 1.47. The molecule has 1 fully saturated rings. The van der Waals surface area contributed by atoms with Crippen LogP contribution in [0, 0.1) is 19.8 Å². The standard InChI is InChI=1S/C20H26N4O/c1-14-3-4-16(9-15(14)2)12-24-8-7-17(13-24)10-23-20(25)18-5-6-19(21)22-11-18/h3-6,9,11,17H,7-8,10,12-13H2,1-2H3,(H2,21,22)(H,23,25)/t17-/m1/s1. The predicted octanol–water partition coefficient (Wildman–Crippen LogP) is 2.53. The summed E-state index contributed by atoms with van der Waals surface area (Å²) in [5.41, 5.74) is 10.1. The molecule has 0 radical (unpaired) electrons. The number of anilines is 1. The molecular weight excluding hydrogens is 312 g/mol. The molecule has 3 N–H and O–H groups in total. The predicted molar refractivity (Wildman–Crippen MR) is 100 cm³/mol. The Hall–Kier alpha value is -2.40. The third-order valence-electron chi connectivity index (χ3n) is 4.95. The van der Waals surface area contributed by atoms with Crippen LogP contribution in [0.3, 0.4) is 0 Å². The lowest BCUT2D eigenvalue weighted by Crippen LogP contribution is -2.31. The van der Waals surface area contributed by atoms with Crippen molar-refractivity contribution < 1.29 is 4.79 Å². The fourth-order valence-corrected chi connectivity index (χ4v) is 3.26. The van der Waals surface area contributed by atoms with E-state index in [1.54, 1.807) is 12.1 Å². The van der Waals surface area contributed by atoms with Crippen LogP contribution in [0.2, 0.25) is 0 Å². The quantitative estimate of drug-likeness (QED) is 0.879. The number of nitrogens with two attached hydrogens (primary N) is 1. The third kappa shape index (κ3) is 4.57. The Morgan fingerprint density at radius 2 is 2.12 bits per heavy atom. The monoisotopic (exact) mass is 338 g/mol. The molecular formula is C20H26N4O. The zero-order valence-electron chi connectivity index (χ0n) is 15.0. The Labute approximate surface area is 149 Å². The smallest absolute Gasteiger partial charge is 0.252 e. The number of hydrogen-bond acceptors (Lipinski definition) is 4. The van der Waals surface area contributed by atoms with Gasteiger partial charge < -0.3 is 11.1 Å². The Morgan fingerprint density at radius 1 is 1.28 bits per heavy atom. The van der Waals surface area contributed by atoms with Crippen LogP contribution in [0.4, 0.5) is 5.82 Å². The van der Waals surface area contributed by atoms with Crippen LogP contribution < -0.4 is 11.1 Å². The number of carbonyl (C=O) groups excluding carboxylic acids is 1. The highest BCUT2D eigenvalue weighted by Gasteiger charge is 2.23. The Kier molecular flexibility index (Phi) is 5.34. The summed E-state index contributed by atoms with van der Waals surface area (Å²) < 4.78 is 0. The molecule has 2 heterocycles. The van der Waals surface area contributed by atoms with Gasteiger partial charge in [0.15, 0.2) is 0 Å². The summed E-state index contributed by atoms with van der Waals surface area (Å²) >= 11 is 0. The Morgan fingerprint density at radius 3 is 2.84 bits per heavy atom. The minimum atomic E-state index is -0.0832. The fourth-order valence-electron chi connectivity index (χ4n) is 3.26. The summed E-state index contributed by atoms with van der Waals surface area (Å²) in [4.78, 5) is 18.6. The maximum Gasteiger partial charge on any atom is 0.252 e. The molecule has 1 aromatic carbocycles. The molecule has 0 spiro atoms. The molecule has 25 heavy (non-hydrogen) atoms. The van der Waals surface area contributed by atoms with Crippen molar-refractivity contribution in [2.75, 3.05) is 25.4 Å². The van der Waals surface area contributed by atoms with Gasteiger partial charge in [-0.1, -0.05) is 18.2 Å². The summed E-state index contributed by atoms with van der Waals surface area (Å²) in [6.07, 6.45) is 2.64. The second-order valence-electron chi connectivity index (χ2n) is 6.99. The molecule has 0 saturated carbocycles. The number of pyridine rings is 1. The molecule has 0 aliphatic carbocycles. The van der Waals surface area contributed by atoms with Crippen LogP contribution in [0.5, 0.6) is 0 Å². The van der Waals surface area contributed by atoms with Crippen molar-refractivity contribution in [3.05, 3.63) is 58.8 Å². The number of nitrogens with one attached hydrogen (secondary N) is 1. The van der Waals surface area contributed by atoms with Gasteiger partial charge in [0.2, 0.25) is 0 Å². The zero-order valence-corrected chi connectivity index (χ0v) is 15.0. The van der Waals surface area contributed by atoms with Gasteiger partial charge in [-0.15, -0.1) is 0 Å². The van der Waals surface area contributed by atoms with Crippen molar-refractivity contribution in [1.82, 2.24) is 15.2 Å². The molecule has 1 atom stereocenters. The van der Waals surface area contributed by atoms with Crippen LogP contribution >= 0.6 is 0 Å². The van der Waals surface area contributed by atoms with E-state index in [0.29, 0.717) is 23.8 Å². The highest BCUT2D eigenvalue weighted by molar-refractivity contribution is 5.93. The first kappa shape index (κ1) is 17.4. The summed E-state index contributed by atoms with van der Waals surface area (Å²) in [6.45, 7) is 8.08. The molecule has 1 aliphatic rings. The number of amides is 1.